The van der Waals surface area contributed by atoms with E-state index in [0.717, 1.165) is 31.5 Å². The van der Waals surface area contributed by atoms with Gasteiger partial charge in [0.2, 0.25) is 0 Å². The van der Waals surface area contributed by atoms with Gasteiger partial charge in [0.1, 0.15) is 0 Å². The van der Waals surface area contributed by atoms with Crippen molar-refractivity contribution in [3.8, 4) is 0 Å². The molecule has 1 aliphatic rings. The van der Waals surface area contributed by atoms with E-state index in [4.69, 9.17) is 9.47 Å². The molecule has 0 radical (unpaired) electrons. The number of hydrogen-bond acceptors (Lipinski definition) is 4. The molecule has 0 aromatic carbocycles. The normalized spacial score (nSPS) is 19.0. The highest BCUT2D eigenvalue weighted by Crippen LogP contribution is 2.04. The molecule has 0 aromatic heterocycles. The van der Waals surface area contributed by atoms with Crippen LogP contribution in [0.2, 0.25) is 0 Å². The summed E-state index contributed by atoms with van der Waals surface area (Å²) in [5.74, 6) is 0. The molecule has 1 aliphatic heterocycles. The third-order valence-corrected chi connectivity index (χ3v) is 3.63. The van der Waals surface area contributed by atoms with Crippen LogP contribution in [-0.2, 0) is 9.47 Å². The van der Waals surface area contributed by atoms with E-state index in [-0.39, 0.29) is 0 Å². The van der Waals surface area contributed by atoms with Crippen molar-refractivity contribution in [2.75, 3.05) is 71.5 Å². The molecular formula is C13H27BrN2O2. The van der Waals surface area contributed by atoms with Crippen LogP contribution in [0.4, 0.5) is 0 Å². The lowest BCUT2D eigenvalue weighted by Crippen LogP contribution is -2.32. The first-order valence-corrected chi connectivity index (χ1v) is 8.06. The monoisotopic (exact) mass is 322 g/mol. The molecule has 0 aromatic rings. The van der Waals surface area contributed by atoms with E-state index in [1.165, 1.54) is 39.1 Å². The van der Waals surface area contributed by atoms with Crippen molar-refractivity contribution in [1.29, 1.82) is 0 Å². The second kappa shape index (κ2) is 11.2. The Hall–Kier alpha value is 0.320. The number of rotatable bonds is 9. The number of nitrogens with zero attached hydrogens (tertiary/aromatic N) is 2. The first kappa shape index (κ1) is 16.4. The van der Waals surface area contributed by atoms with Crippen LogP contribution in [0.15, 0.2) is 0 Å². The molecule has 0 bridgehead atoms. The van der Waals surface area contributed by atoms with Gasteiger partial charge >= 0.3 is 0 Å². The lowest BCUT2D eigenvalue weighted by Gasteiger charge is -2.21. The van der Waals surface area contributed by atoms with Crippen molar-refractivity contribution in [2.24, 2.45) is 0 Å². The zero-order chi connectivity index (χ0) is 13.1. The Morgan fingerprint density at radius 1 is 0.944 bits per heavy atom. The van der Waals surface area contributed by atoms with E-state index in [1.807, 2.05) is 0 Å². The summed E-state index contributed by atoms with van der Waals surface area (Å²) in [6.07, 6.45) is 2.42. The van der Waals surface area contributed by atoms with Crippen LogP contribution in [0.5, 0.6) is 0 Å². The average molecular weight is 323 g/mol. The van der Waals surface area contributed by atoms with E-state index < -0.39 is 0 Å². The van der Waals surface area contributed by atoms with Crippen LogP contribution in [-0.4, -0.2) is 81.3 Å². The molecule has 1 rings (SSSR count). The van der Waals surface area contributed by atoms with E-state index in [1.54, 1.807) is 7.11 Å². The van der Waals surface area contributed by atoms with Crippen molar-refractivity contribution >= 4 is 15.9 Å². The van der Waals surface area contributed by atoms with Gasteiger partial charge in [0.25, 0.3) is 0 Å². The van der Waals surface area contributed by atoms with E-state index in [0.29, 0.717) is 6.61 Å². The predicted molar refractivity (Wildman–Crippen MR) is 78.6 cm³/mol. The lowest BCUT2D eigenvalue weighted by atomic mass is 10.3. The highest BCUT2D eigenvalue weighted by molar-refractivity contribution is 9.09. The second-order valence-electron chi connectivity index (χ2n) is 4.68. The molecule has 0 saturated carbocycles. The van der Waals surface area contributed by atoms with Crippen molar-refractivity contribution < 1.29 is 9.47 Å². The van der Waals surface area contributed by atoms with Gasteiger partial charge in [-0.1, -0.05) is 15.9 Å². The summed E-state index contributed by atoms with van der Waals surface area (Å²) in [7, 11) is 1.71. The van der Waals surface area contributed by atoms with Crippen LogP contribution in [0, 0.1) is 0 Å². The van der Waals surface area contributed by atoms with Gasteiger partial charge < -0.3 is 19.3 Å². The molecule has 108 valence electrons. The Labute approximate surface area is 120 Å². The summed E-state index contributed by atoms with van der Waals surface area (Å²) in [4.78, 5) is 5.11. The largest absolute Gasteiger partial charge is 0.382 e. The van der Waals surface area contributed by atoms with Crippen LogP contribution in [0.3, 0.4) is 0 Å². The van der Waals surface area contributed by atoms with Crippen LogP contribution >= 0.6 is 15.9 Å². The van der Waals surface area contributed by atoms with Gasteiger partial charge in [0.05, 0.1) is 13.2 Å². The van der Waals surface area contributed by atoms with Gasteiger partial charge in [0, 0.05) is 45.2 Å². The average Bonchev–Trinajstić information content (AvgIpc) is 2.60. The molecule has 1 fully saturated rings. The number of ether oxygens (including phenoxy) is 2. The summed E-state index contributed by atoms with van der Waals surface area (Å²) >= 11 is 3.52. The zero-order valence-electron chi connectivity index (χ0n) is 11.6. The van der Waals surface area contributed by atoms with Crippen molar-refractivity contribution in [1.82, 2.24) is 9.80 Å². The first-order chi connectivity index (χ1) is 8.86. The summed E-state index contributed by atoms with van der Waals surface area (Å²) < 4.78 is 10.4. The van der Waals surface area contributed by atoms with Crippen molar-refractivity contribution in [3.63, 3.8) is 0 Å². The molecule has 0 unspecified atom stereocenters. The number of halogens is 1. The minimum atomic E-state index is 0.700. The Bertz CT molecular complexity index is 196. The molecule has 1 saturated heterocycles. The zero-order valence-corrected chi connectivity index (χ0v) is 13.2. The Morgan fingerprint density at radius 3 is 2.33 bits per heavy atom. The molecule has 0 aliphatic carbocycles. The molecule has 4 nitrogen and oxygen atoms in total. The molecule has 0 N–H and O–H groups in total. The van der Waals surface area contributed by atoms with Crippen molar-refractivity contribution in [2.45, 2.75) is 12.8 Å². The van der Waals surface area contributed by atoms with Gasteiger partial charge in [0.15, 0.2) is 0 Å². The topological polar surface area (TPSA) is 24.9 Å². The summed E-state index contributed by atoms with van der Waals surface area (Å²) in [6, 6.07) is 0. The molecular weight excluding hydrogens is 296 g/mol. The fourth-order valence-corrected chi connectivity index (χ4v) is 2.73. The van der Waals surface area contributed by atoms with Gasteiger partial charge in [-0.25, -0.2) is 0 Å². The highest BCUT2D eigenvalue weighted by Gasteiger charge is 2.13. The SMILES string of the molecule is COCCOCCCN1CCCN(CCBr)CC1. The van der Waals surface area contributed by atoms with Crippen molar-refractivity contribution in [3.05, 3.63) is 0 Å². The maximum absolute atomic E-state index is 5.49. The number of hydrogen-bond donors (Lipinski definition) is 0. The summed E-state index contributed by atoms with van der Waals surface area (Å²) in [6.45, 7) is 9.49. The van der Waals surface area contributed by atoms with Crippen LogP contribution in [0.1, 0.15) is 12.8 Å². The molecule has 18 heavy (non-hydrogen) atoms. The fourth-order valence-electron chi connectivity index (χ4n) is 2.23. The lowest BCUT2D eigenvalue weighted by molar-refractivity contribution is 0.0654. The molecule has 0 atom stereocenters. The predicted octanol–water partition coefficient (Wildman–Crippen LogP) is 1.44. The van der Waals surface area contributed by atoms with E-state index in [9.17, 15) is 0 Å². The standard InChI is InChI=1S/C13H27BrN2O2/c1-17-12-13-18-11-3-7-15-5-2-6-16(8-4-14)10-9-15/h2-13H2,1H3. The minimum absolute atomic E-state index is 0.700. The highest BCUT2D eigenvalue weighted by atomic mass is 79.9. The van der Waals surface area contributed by atoms with Crippen LogP contribution < -0.4 is 0 Å². The fraction of sp³-hybridized carbons (Fsp3) is 1.00. The van der Waals surface area contributed by atoms with Gasteiger partial charge in [-0.3, -0.25) is 0 Å². The second-order valence-corrected chi connectivity index (χ2v) is 5.48. The maximum atomic E-state index is 5.49. The Balaban J connectivity index is 2.01. The third-order valence-electron chi connectivity index (χ3n) is 3.28. The van der Waals surface area contributed by atoms with E-state index in [2.05, 4.69) is 25.7 Å². The Morgan fingerprint density at radius 2 is 1.67 bits per heavy atom. The Kier molecular flexibility index (Phi) is 10.2. The number of methoxy groups -OCH3 is 1. The third kappa shape index (κ3) is 7.69. The van der Waals surface area contributed by atoms with Crippen LogP contribution in [0.25, 0.3) is 0 Å². The molecule has 0 amide bonds. The van der Waals surface area contributed by atoms with Gasteiger partial charge in [-0.15, -0.1) is 0 Å². The summed E-state index contributed by atoms with van der Waals surface area (Å²) in [5, 5.41) is 1.08. The van der Waals surface area contributed by atoms with E-state index >= 15 is 0 Å². The minimum Gasteiger partial charge on any atom is -0.382 e. The molecule has 0 spiro atoms. The molecule has 5 heteroatoms. The molecule has 1 heterocycles. The smallest absolute Gasteiger partial charge is 0.0700 e. The van der Waals surface area contributed by atoms with Gasteiger partial charge in [-0.05, 0) is 25.9 Å². The number of alkyl halides is 1. The summed E-state index contributed by atoms with van der Waals surface area (Å²) in [5.41, 5.74) is 0. The first-order valence-electron chi connectivity index (χ1n) is 6.94. The maximum Gasteiger partial charge on any atom is 0.0700 e. The van der Waals surface area contributed by atoms with Gasteiger partial charge in [-0.2, -0.15) is 0 Å². The quantitative estimate of drug-likeness (QED) is 0.474.